The van der Waals surface area contributed by atoms with Crippen LogP contribution in [0.25, 0.3) is 5.57 Å². The van der Waals surface area contributed by atoms with E-state index >= 15 is 0 Å². The Morgan fingerprint density at radius 1 is 1.17 bits per heavy atom. The van der Waals surface area contributed by atoms with Crippen LogP contribution in [0.3, 0.4) is 0 Å². The molecule has 0 aliphatic heterocycles. The van der Waals surface area contributed by atoms with E-state index in [-0.39, 0.29) is 0 Å². The predicted molar refractivity (Wildman–Crippen MR) is 79.6 cm³/mol. The molecular weight excluding hydrogens is 218 g/mol. The molecule has 0 aromatic heterocycles. The molecule has 18 heavy (non-hydrogen) atoms. The normalized spacial score (nSPS) is 15.1. The molecule has 1 aliphatic carbocycles. The lowest BCUT2D eigenvalue weighted by atomic mass is 9.94. The summed E-state index contributed by atoms with van der Waals surface area (Å²) in [5.74, 6) is 0. The summed E-state index contributed by atoms with van der Waals surface area (Å²) in [7, 11) is 0. The van der Waals surface area contributed by atoms with Gasteiger partial charge in [0, 0.05) is 11.8 Å². The molecule has 0 fully saturated rings. The van der Waals surface area contributed by atoms with Crippen molar-refractivity contribution in [2.45, 2.75) is 12.8 Å². The van der Waals surface area contributed by atoms with Crippen LogP contribution in [-0.2, 0) is 0 Å². The second-order valence-corrected chi connectivity index (χ2v) is 4.14. The van der Waals surface area contributed by atoms with Crippen LogP contribution in [-0.4, -0.2) is 5.71 Å². The Morgan fingerprint density at radius 2 is 1.94 bits per heavy atom. The quantitative estimate of drug-likeness (QED) is 0.678. The highest BCUT2D eigenvalue weighted by Gasteiger charge is 2.11. The third kappa shape index (κ3) is 2.75. The molecule has 0 radical (unpaired) electrons. The summed E-state index contributed by atoms with van der Waals surface area (Å²) >= 11 is 0. The van der Waals surface area contributed by atoms with E-state index in [1.807, 2.05) is 30.3 Å². The maximum Gasteiger partial charge on any atom is 0.0770 e. The summed E-state index contributed by atoms with van der Waals surface area (Å²) in [6.45, 7) is 7.86. The van der Waals surface area contributed by atoms with E-state index < -0.39 is 0 Å². The van der Waals surface area contributed by atoms with Crippen molar-refractivity contribution in [3.8, 4) is 0 Å². The first-order chi connectivity index (χ1) is 8.83. The Labute approximate surface area is 109 Å². The van der Waals surface area contributed by atoms with Crippen molar-refractivity contribution >= 4 is 11.3 Å². The number of hydrogen-bond donors (Lipinski definition) is 0. The molecule has 0 bridgehead atoms. The SMILES string of the molecule is C=CN=C(C(=C)c1ccccc1)C1=CCCC=C1. The molecule has 1 nitrogen and oxygen atoms in total. The van der Waals surface area contributed by atoms with Crippen molar-refractivity contribution < 1.29 is 0 Å². The van der Waals surface area contributed by atoms with Crippen molar-refractivity contribution in [3.63, 3.8) is 0 Å². The number of hydrogen-bond acceptors (Lipinski definition) is 1. The summed E-state index contributed by atoms with van der Waals surface area (Å²) in [6.07, 6.45) is 10.2. The molecule has 0 spiro atoms. The van der Waals surface area contributed by atoms with Gasteiger partial charge in [0.05, 0.1) is 5.71 Å². The van der Waals surface area contributed by atoms with E-state index in [1.54, 1.807) is 6.20 Å². The van der Waals surface area contributed by atoms with Gasteiger partial charge in [-0.05, 0) is 24.0 Å². The van der Waals surface area contributed by atoms with Gasteiger partial charge in [0.2, 0.25) is 0 Å². The maximum absolute atomic E-state index is 4.39. The van der Waals surface area contributed by atoms with Crippen LogP contribution in [0.4, 0.5) is 0 Å². The fourth-order valence-corrected chi connectivity index (χ4v) is 1.98. The highest BCUT2D eigenvalue weighted by Crippen LogP contribution is 2.22. The van der Waals surface area contributed by atoms with Crippen LogP contribution < -0.4 is 0 Å². The lowest BCUT2D eigenvalue weighted by molar-refractivity contribution is 1.03. The zero-order valence-corrected chi connectivity index (χ0v) is 10.5. The van der Waals surface area contributed by atoms with Crippen LogP contribution in [0, 0.1) is 0 Å². The molecule has 1 aliphatic rings. The lowest BCUT2D eigenvalue weighted by Gasteiger charge is -2.13. The number of allylic oxidation sites excluding steroid dienone is 5. The zero-order valence-electron chi connectivity index (χ0n) is 10.5. The molecule has 0 amide bonds. The first-order valence-electron chi connectivity index (χ1n) is 6.13. The minimum absolute atomic E-state index is 0.909. The Hall–Kier alpha value is -2.15. The number of aliphatic imine (C=N–C) groups is 1. The van der Waals surface area contributed by atoms with E-state index in [0.717, 1.165) is 35.3 Å². The molecule has 0 heterocycles. The monoisotopic (exact) mass is 235 g/mol. The zero-order chi connectivity index (χ0) is 12.8. The van der Waals surface area contributed by atoms with Gasteiger partial charge in [-0.3, -0.25) is 4.99 Å². The Balaban J connectivity index is 2.35. The van der Waals surface area contributed by atoms with Gasteiger partial charge in [0.15, 0.2) is 0 Å². The van der Waals surface area contributed by atoms with Crippen LogP contribution in [0.15, 0.2) is 78.5 Å². The molecule has 1 aromatic carbocycles. The molecule has 0 unspecified atom stereocenters. The van der Waals surface area contributed by atoms with Crippen LogP contribution >= 0.6 is 0 Å². The van der Waals surface area contributed by atoms with Gasteiger partial charge in [-0.1, -0.05) is 61.7 Å². The van der Waals surface area contributed by atoms with Gasteiger partial charge in [0.1, 0.15) is 0 Å². The summed E-state index contributed by atoms with van der Waals surface area (Å²) < 4.78 is 0. The highest BCUT2D eigenvalue weighted by molar-refractivity contribution is 6.32. The van der Waals surface area contributed by atoms with Gasteiger partial charge in [0.25, 0.3) is 0 Å². The van der Waals surface area contributed by atoms with Gasteiger partial charge in [-0.15, -0.1) is 0 Å². The lowest BCUT2D eigenvalue weighted by Crippen LogP contribution is -2.05. The summed E-state index contributed by atoms with van der Waals surface area (Å²) in [4.78, 5) is 4.39. The molecule has 1 aromatic rings. The third-order valence-corrected chi connectivity index (χ3v) is 2.90. The number of nitrogens with zero attached hydrogens (tertiary/aromatic N) is 1. The van der Waals surface area contributed by atoms with Crippen molar-refractivity contribution in [2.75, 3.05) is 0 Å². The first kappa shape index (κ1) is 12.3. The predicted octanol–water partition coefficient (Wildman–Crippen LogP) is 4.56. The second kappa shape index (κ2) is 5.97. The van der Waals surface area contributed by atoms with E-state index in [9.17, 15) is 0 Å². The average molecular weight is 235 g/mol. The maximum atomic E-state index is 4.39. The fourth-order valence-electron chi connectivity index (χ4n) is 1.98. The van der Waals surface area contributed by atoms with Crippen molar-refractivity contribution in [1.29, 1.82) is 0 Å². The fraction of sp³-hybridized carbons (Fsp3) is 0.118. The molecule has 0 saturated carbocycles. The standard InChI is InChI=1S/C17H17N/c1-3-18-17(16-12-8-5-9-13-16)14(2)15-10-6-4-7-11-15/h3-4,6-8,10-13H,1-2,5,9H2. The van der Waals surface area contributed by atoms with E-state index in [2.05, 4.69) is 36.4 Å². The van der Waals surface area contributed by atoms with Crippen molar-refractivity contribution in [3.05, 3.63) is 79.1 Å². The average Bonchev–Trinajstić information content (AvgIpc) is 2.46. The van der Waals surface area contributed by atoms with E-state index in [1.165, 1.54) is 0 Å². The molecule has 0 saturated heterocycles. The second-order valence-electron chi connectivity index (χ2n) is 4.14. The summed E-state index contributed by atoms with van der Waals surface area (Å²) in [6, 6.07) is 10.1. The highest BCUT2D eigenvalue weighted by atomic mass is 14.7. The molecule has 0 N–H and O–H groups in total. The molecular formula is C17H17N. The van der Waals surface area contributed by atoms with Crippen molar-refractivity contribution in [1.82, 2.24) is 0 Å². The Bertz CT molecular complexity index is 530. The molecule has 1 heteroatoms. The number of rotatable bonds is 4. The summed E-state index contributed by atoms with van der Waals surface area (Å²) in [5.41, 5.74) is 4.08. The van der Waals surface area contributed by atoms with Gasteiger partial charge >= 0.3 is 0 Å². The van der Waals surface area contributed by atoms with Crippen LogP contribution in [0.1, 0.15) is 18.4 Å². The Morgan fingerprint density at radius 3 is 2.56 bits per heavy atom. The third-order valence-electron chi connectivity index (χ3n) is 2.90. The topological polar surface area (TPSA) is 12.4 Å². The Kier molecular flexibility index (Phi) is 4.08. The van der Waals surface area contributed by atoms with Gasteiger partial charge < -0.3 is 0 Å². The molecule has 0 atom stereocenters. The van der Waals surface area contributed by atoms with Crippen LogP contribution in [0.5, 0.6) is 0 Å². The summed E-state index contributed by atoms with van der Waals surface area (Å²) in [5, 5.41) is 0. The largest absolute Gasteiger partial charge is 0.256 e. The minimum Gasteiger partial charge on any atom is -0.256 e. The van der Waals surface area contributed by atoms with Crippen molar-refractivity contribution in [2.24, 2.45) is 4.99 Å². The first-order valence-corrected chi connectivity index (χ1v) is 6.13. The van der Waals surface area contributed by atoms with E-state index in [0.29, 0.717) is 0 Å². The minimum atomic E-state index is 0.909. The van der Waals surface area contributed by atoms with Gasteiger partial charge in [-0.2, -0.15) is 0 Å². The molecule has 90 valence electrons. The van der Waals surface area contributed by atoms with Gasteiger partial charge in [-0.25, -0.2) is 0 Å². The molecule has 2 rings (SSSR count). The smallest absolute Gasteiger partial charge is 0.0770 e. The van der Waals surface area contributed by atoms with E-state index in [4.69, 9.17) is 0 Å². The number of benzene rings is 1. The van der Waals surface area contributed by atoms with Crippen LogP contribution in [0.2, 0.25) is 0 Å².